The minimum Gasteiger partial charge on any atom is -0.201 e. The summed E-state index contributed by atoms with van der Waals surface area (Å²) in [6, 6.07) is 16.0. The van der Waals surface area contributed by atoms with Crippen LogP contribution in [0.1, 0.15) is 65.8 Å². The molecule has 1 nitrogen and oxygen atoms in total. The molecule has 0 aliphatic heterocycles. The van der Waals surface area contributed by atoms with Crippen LogP contribution in [0.15, 0.2) is 48.7 Å². The van der Waals surface area contributed by atoms with Crippen molar-refractivity contribution in [3.8, 4) is 22.4 Å². The molecule has 2 aliphatic carbocycles. The molecule has 1 heterocycles. The van der Waals surface area contributed by atoms with Crippen LogP contribution in [0.25, 0.3) is 22.4 Å². The van der Waals surface area contributed by atoms with Crippen molar-refractivity contribution >= 4 is 0 Å². The number of fused-ring (bicyclic) bond motifs is 3. The van der Waals surface area contributed by atoms with E-state index in [1.807, 2.05) is 0 Å². The van der Waals surface area contributed by atoms with E-state index in [0.29, 0.717) is 0 Å². The van der Waals surface area contributed by atoms with Gasteiger partial charge in [-0.15, -0.1) is 0 Å². The predicted octanol–water partition coefficient (Wildman–Crippen LogP) is 6.41. The van der Waals surface area contributed by atoms with Gasteiger partial charge in [-0.05, 0) is 72.4 Å². The van der Waals surface area contributed by atoms with E-state index in [1.165, 1.54) is 76.7 Å². The molecular weight excluding hydrogens is 338 g/mol. The Morgan fingerprint density at radius 2 is 1.64 bits per heavy atom. The molecule has 2 aliphatic rings. The molecule has 2 aromatic carbocycles. The van der Waals surface area contributed by atoms with Crippen LogP contribution in [0.5, 0.6) is 0 Å². The number of benzene rings is 2. The third kappa shape index (κ3) is 2.80. The molecule has 0 unspecified atom stereocenters. The van der Waals surface area contributed by atoms with Gasteiger partial charge < -0.3 is 0 Å². The van der Waals surface area contributed by atoms with Crippen molar-refractivity contribution in [2.45, 2.75) is 58.3 Å². The van der Waals surface area contributed by atoms with Crippen LogP contribution in [0.3, 0.4) is 0 Å². The molecule has 1 fully saturated rings. The zero-order chi connectivity index (χ0) is 19.3. The number of rotatable bonds is 2. The molecule has 3 aromatic rings. The summed E-state index contributed by atoms with van der Waals surface area (Å²) in [7, 11) is 2.24. The summed E-state index contributed by atoms with van der Waals surface area (Å²) < 4.78 is 2.39. The summed E-state index contributed by atoms with van der Waals surface area (Å²) >= 11 is 0. The highest BCUT2D eigenvalue weighted by molar-refractivity contribution is 5.84. The molecule has 0 N–H and O–H groups in total. The second-order valence-corrected chi connectivity index (χ2v) is 8.86. The first kappa shape index (κ1) is 17.7. The topological polar surface area (TPSA) is 3.88 Å². The maximum Gasteiger partial charge on any atom is 0.213 e. The summed E-state index contributed by atoms with van der Waals surface area (Å²) in [4.78, 5) is 0. The summed E-state index contributed by atoms with van der Waals surface area (Å²) in [6.07, 6.45) is 10.4. The smallest absolute Gasteiger partial charge is 0.201 e. The first-order chi connectivity index (χ1) is 13.6. The van der Waals surface area contributed by atoms with Crippen molar-refractivity contribution in [3.05, 3.63) is 76.5 Å². The Bertz CT molecular complexity index is 1050. The van der Waals surface area contributed by atoms with Gasteiger partial charge >= 0.3 is 0 Å². The highest BCUT2D eigenvalue weighted by Crippen LogP contribution is 2.43. The zero-order valence-electron chi connectivity index (χ0n) is 17.4. The largest absolute Gasteiger partial charge is 0.213 e. The minimum absolute atomic E-state index is 0.751. The third-order valence-corrected chi connectivity index (χ3v) is 7.02. The molecule has 0 radical (unpaired) electrons. The standard InChI is InChI=1S/C27H30N/c1-18-13-14-23-22-12-8-7-11-21(22)16-24(23)27(18)26-15-19(2)25(17-28(26)3)20-9-5-4-6-10-20/h7-8,11-15,17,20H,4-6,9-10,16H2,1-3H3/q+1. The van der Waals surface area contributed by atoms with E-state index >= 15 is 0 Å². The molecule has 142 valence electrons. The lowest BCUT2D eigenvalue weighted by Gasteiger charge is -2.23. The second kappa shape index (κ2) is 6.88. The van der Waals surface area contributed by atoms with Crippen molar-refractivity contribution in [3.63, 3.8) is 0 Å². The maximum absolute atomic E-state index is 2.45. The normalized spacial score (nSPS) is 16.1. The van der Waals surface area contributed by atoms with Crippen molar-refractivity contribution in [1.82, 2.24) is 0 Å². The van der Waals surface area contributed by atoms with Gasteiger partial charge in [-0.3, -0.25) is 0 Å². The molecule has 0 saturated heterocycles. The van der Waals surface area contributed by atoms with Crippen LogP contribution in [-0.4, -0.2) is 0 Å². The van der Waals surface area contributed by atoms with E-state index in [1.54, 1.807) is 5.56 Å². The molecular formula is C27H30N+. The zero-order valence-corrected chi connectivity index (χ0v) is 17.4. The lowest BCUT2D eigenvalue weighted by atomic mass is 9.82. The molecule has 1 heteroatoms. The number of hydrogen-bond donors (Lipinski definition) is 0. The monoisotopic (exact) mass is 368 g/mol. The Morgan fingerprint density at radius 1 is 0.857 bits per heavy atom. The summed E-state index contributed by atoms with van der Waals surface area (Å²) in [5, 5.41) is 0. The molecule has 28 heavy (non-hydrogen) atoms. The van der Waals surface area contributed by atoms with Gasteiger partial charge in [0.15, 0.2) is 6.20 Å². The minimum atomic E-state index is 0.751. The average Bonchev–Trinajstić information content (AvgIpc) is 3.09. The van der Waals surface area contributed by atoms with Crippen molar-refractivity contribution in [2.75, 3.05) is 0 Å². The fraction of sp³-hybridized carbons (Fsp3) is 0.370. The SMILES string of the molecule is Cc1cc(-c2c(C)ccc3c2Cc2ccccc2-3)[n+](C)cc1C1CCCCC1. The van der Waals surface area contributed by atoms with Gasteiger partial charge in [0.05, 0.1) is 5.56 Å². The quantitative estimate of drug-likeness (QED) is 0.360. The summed E-state index contributed by atoms with van der Waals surface area (Å²) in [6.45, 7) is 4.59. The van der Waals surface area contributed by atoms with Crippen LogP contribution >= 0.6 is 0 Å². The number of nitrogens with zero attached hydrogens (tertiary/aromatic N) is 1. The highest BCUT2D eigenvalue weighted by atomic mass is 14.9. The lowest BCUT2D eigenvalue weighted by molar-refractivity contribution is -0.661. The Morgan fingerprint density at radius 3 is 2.46 bits per heavy atom. The van der Waals surface area contributed by atoms with E-state index in [4.69, 9.17) is 0 Å². The van der Waals surface area contributed by atoms with Crippen molar-refractivity contribution in [1.29, 1.82) is 0 Å². The Balaban J connectivity index is 1.64. The van der Waals surface area contributed by atoms with Gasteiger partial charge in [-0.1, -0.05) is 55.7 Å². The molecule has 0 atom stereocenters. The van der Waals surface area contributed by atoms with Gasteiger partial charge in [0.25, 0.3) is 0 Å². The third-order valence-electron chi connectivity index (χ3n) is 7.02. The van der Waals surface area contributed by atoms with E-state index in [-0.39, 0.29) is 0 Å². The first-order valence-electron chi connectivity index (χ1n) is 10.8. The van der Waals surface area contributed by atoms with E-state index in [2.05, 4.69) is 74.1 Å². The maximum atomic E-state index is 2.45. The van der Waals surface area contributed by atoms with Gasteiger partial charge in [0, 0.05) is 11.6 Å². The lowest BCUT2D eigenvalue weighted by Crippen LogP contribution is -2.33. The number of hydrogen-bond acceptors (Lipinski definition) is 0. The molecule has 1 aromatic heterocycles. The number of aryl methyl sites for hydroxylation is 3. The first-order valence-corrected chi connectivity index (χ1v) is 10.8. The predicted molar refractivity (Wildman–Crippen MR) is 117 cm³/mol. The number of pyridine rings is 1. The van der Waals surface area contributed by atoms with Crippen LogP contribution in [0.4, 0.5) is 0 Å². The van der Waals surface area contributed by atoms with E-state index < -0.39 is 0 Å². The van der Waals surface area contributed by atoms with E-state index in [9.17, 15) is 0 Å². The van der Waals surface area contributed by atoms with Crippen LogP contribution in [0.2, 0.25) is 0 Å². The van der Waals surface area contributed by atoms with Crippen LogP contribution < -0.4 is 4.57 Å². The number of aromatic nitrogens is 1. The second-order valence-electron chi connectivity index (χ2n) is 8.86. The Hall–Kier alpha value is -2.41. The Kier molecular flexibility index (Phi) is 4.34. The molecule has 5 rings (SSSR count). The fourth-order valence-corrected chi connectivity index (χ4v) is 5.54. The van der Waals surface area contributed by atoms with Gasteiger partial charge in [0.1, 0.15) is 7.05 Å². The molecule has 0 bridgehead atoms. The van der Waals surface area contributed by atoms with Crippen molar-refractivity contribution < 1.29 is 4.57 Å². The van der Waals surface area contributed by atoms with Crippen LogP contribution in [0, 0.1) is 13.8 Å². The van der Waals surface area contributed by atoms with Gasteiger partial charge in [0.2, 0.25) is 5.69 Å². The summed E-state index contributed by atoms with van der Waals surface area (Å²) in [5.41, 5.74) is 13.0. The Labute approximate surface area is 169 Å². The van der Waals surface area contributed by atoms with Crippen molar-refractivity contribution in [2.24, 2.45) is 7.05 Å². The fourth-order valence-electron chi connectivity index (χ4n) is 5.54. The van der Waals surface area contributed by atoms with E-state index in [0.717, 1.165) is 12.3 Å². The highest BCUT2D eigenvalue weighted by Gasteiger charge is 2.28. The molecule has 0 amide bonds. The molecule has 0 spiro atoms. The summed E-state index contributed by atoms with van der Waals surface area (Å²) in [5.74, 6) is 0.751. The van der Waals surface area contributed by atoms with Crippen LogP contribution in [-0.2, 0) is 13.5 Å². The molecule has 1 saturated carbocycles. The van der Waals surface area contributed by atoms with Gasteiger partial charge in [-0.2, -0.15) is 0 Å². The average molecular weight is 369 g/mol. The van der Waals surface area contributed by atoms with Gasteiger partial charge in [-0.25, -0.2) is 4.57 Å².